The summed E-state index contributed by atoms with van der Waals surface area (Å²) in [6, 6.07) is 8.39. The van der Waals surface area contributed by atoms with Gasteiger partial charge in [-0.05, 0) is 30.9 Å². The molecule has 1 nitrogen and oxygen atoms in total. The Bertz CT molecular complexity index is 293. The lowest BCUT2D eigenvalue weighted by Gasteiger charge is -2.16. The van der Waals surface area contributed by atoms with E-state index in [1.54, 1.807) is 0 Å². The Labute approximate surface area is 79.4 Å². The molecule has 0 spiro atoms. The van der Waals surface area contributed by atoms with Crippen LogP contribution in [-0.2, 0) is 0 Å². The van der Waals surface area contributed by atoms with Gasteiger partial charge in [-0.1, -0.05) is 30.7 Å². The van der Waals surface area contributed by atoms with Crippen LogP contribution in [0.1, 0.15) is 36.3 Å². The summed E-state index contributed by atoms with van der Waals surface area (Å²) in [5, 5.41) is 9.77. The molecule has 2 atom stereocenters. The Hall–Kier alpha value is -0.820. The van der Waals surface area contributed by atoms with Crippen molar-refractivity contribution in [3.8, 4) is 0 Å². The zero-order valence-corrected chi connectivity index (χ0v) is 8.03. The van der Waals surface area contributed by atoms with Crippen LogP contribution in [-0.4, -0.2) is 11.2 Å². The molecule has 1 heteroatoms. The molecule has 1 aliphatic carbocycles. The molecule has 0 bridgehead atoms. The second-order valence-corrected chi connectivity index (χ2v) is 3.96. The highest BCUT2D eigenvalue weighted by Gasteiger charge is 2.27. The van der Waals surface area contributed by atoms with E-state index in [1.165, 1.54) is 17.5 Å². The molecule has 1 N–H and O–H groups in total. The lowest BCUT2D eigenvalue weighted by atomic mass is 9.92. The van der Waals surface area contributed by atoms with Crippen LogP contribution in [0.3, 0.4) is 0 Å². The molecular weight excluding hydrogens is 160 g/mol. The molecular formula is C12H16O. The molecule has 0 amide bonds. The van der Waals surface area contributed by atoms with E-state index in [0.29, 0.717) is 5.92 Å². The zero-order valence-electron chi connectivity index (χ0n) is 8.03. The van der Waals surface area contributed by atoms with Crippen LogP contribution >= 0.6 is 0 Å². The number of aliphatic hydroxyl groups excluding tert-OH is 1. The van der Waals surface area contributed by atoms with Crippen molar-refractivity contribution in [2.24, 2.45) is 0 Å². The fourth-order valence-corrected chi connectivity index (χ4v) is 2.31. The third kappa shape index (κ3) is 1.61. The molecule has 0 radical (unpaired) electrons. The molecule has 1 aromatic carbocycles. The van der Waals surface area contributed by atoms with Crippen LogP contribution in [0.15, 0.2) is 24.3 Å². The first-order chi connectivity index (χ1) is 6.29. The minimum Gasteiger partial charge on any atom is -0.392 e. The summed E-state index contributed by atoms with van der Waals surface area (Å²) < 4.78 is 0. The van der Waals surface area contributed by atoms with Gasteiger partial charge in [0, 0.05) is 5.92 Å². The van der Waals surface area contributed by atoms with E-state index < -0.39 is 0 Å². The van der Waals surface area contributed by atoms with Crippen LogP contribution in [0.2, 0.25) is 0 Å². The lowest BCUT2D eigenvalue weighted by Crippen LogP contribution is -2.11. The third-order valence-corrected chi connectivity index (χ3v) is 3.07. The molecule has 1 unspecified atom stereocenters. The molecule has 1 aromatic rings. The smallest absolute Gasteiger partial charge is 0.0608 e. The van der Waals surface area contributed by atoms with Gasteiger partial charge in [-0.3, -0.25) is 0 Å². The van der Waals surface area contributed by atoms with Crippen molar-refractivity contribution in [2.75, 3.05) is 0 Å². The predicted molar refractivity (Wildman–Crippen MR) is 53.8 cm³/mol. The van der Waals surface area contributed by atoms with Crippen molar-refractivity contribution in [1.82, 2.24) is 0 Å². The maximum Gasteiger partial charge on any atom is 0.0608 e. The van der Waals surface area contributed by atoms with Crippen molar-refractivity contribution in [2.45, 2.75) is 38.2 Å². The number of benzene rings is 1. The van der Waals surface area contributed by atoms with Gasteiger partial charge in [0.2, 0.25) is 0 Å². The van der Waals surface area contributed by atoms with Crippen molar-refractivity contribution < 1.29 is 5.11 Å². The Morgan fingerprint density at radius 2 is 2.00 bits per heavy atom. The standard InChI is InChI=1S/C12H16O/c1-9-5-2-3-6-10(9)11-7-4-8-12(11)13/h2-3,5-6,11-13H,4,7-8H2,1H3/t11?,12-/m0/s1. The van der Waals surface area contributed by atoms with E-state index in [2.05, 4.69) is 31.2 Å². The van der Waals surface area contributed by atoms with Gasteiger partial charge in [0.15, 0.2) is 0 Å². The van der Waals surface area contributed by atoms with Crippen LogP contribution in [0.5, 0.6) is 0 Å². The summed E-state index contributed by atoms with van der Waals surface area (Å²) in [5.74, 6) is 0.390. The lowest BCUT2D eigenvalue weighted by molar-refractivity contribution is 0.163. The summed E-state index contributed by atoms with van der Waals surface area (Å²) in [7, 11) is 0. The molecule has 13 heavy (non-hydrogen) atoms. The van der Waals surface area contributed by atoms with Gasteiger partial charge in [0.05, 0.1) is 6.10 Å². The fourth-order valence-electron chi connectivity index (χ4n) is 2.31. The number of hydrogen-bond acceptors (Lipinski definition) is 1. The van der Waals surface area contributed by atoms with Crippen LogP contribution < -0.4 is 0 Å². The summed E-state index contributed by atoms with van der Waals surface area (Å²) in [6.07, 6.45) is 3.17. The number of aryl methyl sites for hydroxylation is 1. The van der Waals surface area contributed by atoms with E-state index in [0.717, 1.165) is 12.8 Å². The van der Waals surface area contributed by atoms with E-state index in [-0.39, 0.29) is 6.10 Å². The zero-order chi connectivity index (χ0) is 9.26. The highest BCUT2D eigenvalue weighted by molar-refractivity contribution is 5.30. The molecule has 0 aromatic heterocycles. The van der Waals surface area contributed by atoms with Gasteiger partial charge in [-0.2, -0.15) is 0 Å². The van der Waals surface area contributed by atoms with Crippen molar-refractivity contribution in [3.05, 3.63) is 35.4 Å². The minimum atomic E-state index is -0.110. The van der Waals surface area contributed by atoms with E-state index in [9.17, 15) is 5.11 Å². The largest absolute Gasteiger partial charge is 0.392 e. The normalized spacial score (nSPS) is 27.8. The van der Waals surface area contributed by atoms with E-state index in [1.807, 2.05) is 0 Å². The van der Waals surface area contributed by atoms with Gasteiger partial charge in [-0.25, -0.2) is 0 Å². The monoisotopic (exact) mass is 176 g/mol. The van der Waals surface area contributed by atoms with Crippen LogP contribution in [0.4, 0.5) is 0 Å². The number of rotatable bonds is 1. The van der Waals surface area contributed by atoms with Gasteiger partial charge in [-0.15, -0.1) is 0 Å². The summed E-state index contributed by atoms with van der Waals surface area (Å²) >= 11 is 0. The van der Waals surface area contributed by atoms with E-state index in [4.69, 9.17) is 0 Å². The van der Waals surface area contributed by atoms with Crippen LogP contribution in [0, 0.1) is 6.92 Å². The van der Waals surface area contributed by atoms with Crippen molar-refractivity contribution in [1.29, 1.82) is 0 Å². The quantitative estimate of drug-likeness (QED) is 0.697. The second-order valence-electron chi connectivity index (χ2n) is 3.96. The number of hydrogen-bond donors (Lipinski definition) is 1. The van der Waals surface area contributed by atoms with Gasteiger partial charge in [0.25, 0.3) is 0 Å². The molecule has 1 aliphatic rings. The Morgan fingerprint density at radius 1 is 1.23 bits per heavy atom. The molecule has 1 fully saturated rings. The van der Waals surface area contributed by atoms with E-state index >= 15 is 0 Å². The summed E-state index contributed by atoms with van der Waals surface area (Å²) in [5.41, 5.74) is 2.65. The van der Waals surface area contributed by atoms with Crippen LogP contribution in [0.25, 0.3) is 0 Å². The first kappa shape index (κ1) is 8.76. The topological polar surface area (TPSA) is 20.2 Å². The predicted octanol–water partition coefficient (Wildman–Crippen LogP) is 2.62. The highest BCUT2D eigenvalue weighted by atomic mass is 16.3. The number of aliphatic hydroxyl groups is 1. The highest BCUT2D eigenvalue weighted by Crippen LogP contribution is 2.35. The molecule has 0 saturated heterocycles. The molecule has 2 rings (SSSR count). The first-order valence-electron chi connectivity index (χ1n) is 5.02. The summed E-state index contributed by atoms with van der Waals surface area (Å²) in [4.78, 5) is 0. The van der Waals surface area contributed by atoms with Gasteiger partial charge < -0.3 is 5.11 Å². The first-order valence-corrected chi connectivity index (χ1v) is 5.02. The van der Waals surface area contributed by atoms with Gasteiger partial charge >= 0.3 is 0 Å². The Morgan fingerprint density at radius 3 is 2.62 bits per heavy atom. The molecule has 1 saturated carbocycles. The van der Waals surface area contributed by atoms with Crippen molar-refractivity contribution >= 4 is 0 Å². The fraction of sp³-hybridized carbons (Fsp3) is 0.500. The molecule has 70 valence electrons. The minimum absolute atomic E-state index is 0.110. The average molecular weight is 176 g/mol. The maximum atomic E-state index is 9.77. The Balaban J connectivity index is 2.29. The third-order valence-electron chi connectivity index (χ3n) is 3.07. The maximum absolute atomic E-state index is 9.77. The molecule has 0 aliphatic heterocycles. The Kier molecular flexibility index (Phi) is 2.36. The molecule has 0 heterocycles. The summed E-state index contributed by atoms with van der Waals surface area (Å²) in [6.45, 7) is 2.13. The SMILES string of the molecule is Cc1ccccc1C1CCC[C@@H]1O. The van der Waals surface area contributed by atoms with Crippen molar-refractivity contribution in [3.63, 3.8) is 0 Å². The second kappa shape index (κ2) is 3.51. The van der Waals surface area contributed by atoms with Gasteiger partial charge in [0.1, 0.15) is 0 Å². The average Bonchev–Trinajstić information content (AvgIpc) is 2.52.